The number of carbonyl (C=O) groups is 1. The van der Waals surface area contributed by atoms with Gasteiger partial charge in [0.05, 0.1) is 17.6 Å². The number of fused-ring (bicyclic) bond motifs is 1. The summed E-state index contributed by atoms with van der Waals surface area (Å²) in [5, 5.41) is 11.5. The third-order valence-electron chi connectivity index (χ3n) is 3.87. The first-order chi connectivity index (χ1) is 12.1. The summed E-state index contributed by atoms with van der Waals surface area (Å²) in [6, 6.07) is 13.1. The zero-order valence-corrected chi connectivity index (χ0v) is 13.8. The summed E-state index contributed by atoms with van der Waals surface area (Å²) in [5.41, 5.74) is 4.56. The van der Waals surface area contributed by atoms with E-state index in [1.165, 1.54) is 10.7 Å². The highest BCUT2D eigenvalue weighted by molar-refractivity contribution is 6.03. The molecule has 0 aliphatic carbocycles. The van der Waals surface area contributed by atoms with Crippen molar-refractivity contribution in [3.63, 3.8) is 0 Å². The summed E-state index contributed by atoms with van der Waals surface area (Å²) < 4.78 is 3.36. The fourth-order valence-corrected chi connectivity index (χ4v) is 2.78. The van der Waals surface area contributed by atoms with Gasteiger partial charge in [0.2, 0.25) is 0 Å². The summed E-state index contributed by atoms with van der Waals surface area (Å²) in [6.45, 7) is 3.95. The second-order valence-corrected chi connectivity index (χ2v) is 5.78. The van der Waals surface area contributed by atoms with Gasteiger partial charge < -0.3 is 5.32 Å². The minimum absolute atomic E-state index is 0.267. The van der Waals surface area contributed by atoms with E-state index in [2.05, 4.69) is 20.5 Å². The Balaban J connectivity index is 1.64. The molecule has 0 aliphatic heterocycles. The molecule has 1 amide bonds. The fourth-order valence-electron chi connectivity index (χ4n) is 2.78. The number of aromatic nitrogens is 5. The minimum Gasteiger partial charge on any atom is -0.321 e. The fraction of sp³-hybridized carbons (Fsp3) is 0.111. The molecule has 0 unspecified atom stereocenters. The molecule has 3 aromatic heterocycles. The Labute approximate surface area is 143 Å². The third-order valence-corrected chi connectivity index (χ3v) is 3.87. The van der Waals surface area contributed by atoms with Crippen molar-refractivity contribution in [3.05, 3.63) is 71.9 Å². The van der Waals surface area contributed by atoms with E-state index in [9.17, 15) is 4.79 Å². The number of benzene rings is 1. The van der Waals surface area contributed by atoms with Gasteiger partial charge in [-0.2, -0.15) is 10.2 Å². The van der Waals surface area contributed by atoms with Crippen molar-refractivity contribution in [3.8, 4) is 5.69 Å². The molecule has 0 saturated heterocycles. The molecule has 1 N–H and O–H groups in total. The van der Waals surface area contributed by atoms with Crippen LogP contribution in [0, 0.1) is 13.8 Å². The predicted octanol–water partition coefficient (Wildman–Crippen LogP) is 2.78. The molecule has 0 fully saturated rings. The number of carbonyl (C=O) groups excluding carboxylic acids is 1. The number of rotatable bonds is 3. The highest BCUT2D eigenvalue weighted by atomic mass is 16.2. The van der Waals surface area contributed by atoms with Gasteiger partial charge in [-0.15, -0.1) is 0 Å². The van der Waals surface area contributed by atoms with Gasteiger partial charge in [0.15, 0.2) is 11.3 Å². The van der Waals surface area contributed by atoms with Crippen LogP contribution in [-0.4, -0.2) is 30.3 Å². The van der Waals surface area contributed by atoms with Gasteiger partial charge in [0.25, 0.3) is 5.91 Å². The Kier molecular flexibility index (Phi) is 3.53. The van der Waals surface area contributed by atoms with Gasteiger partial charge in [-0.1, -0.05) is 6.07 Å². The highest BCUT2D eigenvalue weighted by Gasteiger charge is 2.13. The number of nitrogens with zero attached hydrogens (tertiary/aromatic N) is 5. The van der Waals surface area contributed by atoms with Crippen LogP contribution in [0.4, 0.5) is 5.69 Å². The van der Waals surface area contributed by atoms with Crippen LogP contribution in [0.1, 0.15) is 21.9 Å². The molecular formula is C18H16N6O. The summed E-state index contributed by atoms with van der Waals surface area (Å²) in [5.74, 6) is -0.267. The lowest BCUT2D eigenvalue weighted by Gasteiger charge is -2.08. The first-order valence-electron chi connectivity index (χ1n) is 7.85. The van der Waals surface area contributed by atoms with E-state index in [0.29, 0.717) is 17.0 Å². The van der Waals surface area contributed by atoms with Crippen LogP contribution in [0.3, 0.4) is 0 Å². The lowest BCUT2D eigenvalue weighted by Crippen LogP contribution is -2.15. The molecule has 7 nitrogen and oxygen atoms in total. The highest BCUT2D eigenvalue weighted by Crippen LogP contribution is 2.17. The largest absolute Gasteiger partial charge is 0.321 e. The van der Waals surface area contributed by atoms with E-state index in [4.69, 9.17) is 0 Å². The molecule has 4 rings (SSSR count). The molecule has 25 heavy (non-hydrogen) atoms. The van der Waals surface area contributed by atoms with Crippen molar-refractivity contribution in [1.29, 1.82) is 0 Å². The number of imidazole rings is 1. The molecule has 0 aliphatic rings. The molecule has 0 atom stereocenters. The van der Waals surface area contributed by atoms with Crippen LogP contribution in [0.2, 0.25) is 0 Å². The molecule has 0 radical (unpaired) electrons. The van der Waals surface area contributed by atoms with Gasteiger partial charge in [0.1, 0.15) is 0 Å². The maximum atomic E-state index is 12.6. The first kappa shape index (κ1) is 15.1. The number of aryl methyl sites for hydroxylation is 2. The van der Waals surface area contributed by atoms with Crippen molar-refractivity contribution in [1.82, 2.24) is 24.4 Å². The third kappa shape index (κ3) is 2.76. The van der Waals surface area contributed by atoms with E-state index in [1.807, 2.05) is 48.9 Å². The molecule has 7 heteroatoms. The minimum atomic E-state index is -0.267. The standard InChI is InChI=1S/C18H16N6O/c1-12-9-13(2)23(22-12)15-6-3-5-14(10-15)21-18(25)16-11-19-17-7-4-8-20-24(16)17/h3-11H,1-2H3,(H,21,25). The maximum absolute atomic E-state index is 12.6. The zero-order chi connectivity index (χ0) is 17.4. The topological polar surface area (TPSA) is 77.1 Å². The monoisotopic (exact) mass is 332 g/mol. The summed E-state index contributed by atoms with van der Waals surface area (Å²) in [6.07, 6.45) is 3.14. The molecule has 1 aromatic carbocycles. The Morgan fingerprint density at radius 1 is 1.12 bits per heavy atom. The van der Waals surface area contributed by atoms with E-state index < -0.39 is 0 Å². The Morgan fingerprint density at radius 3 is 2.80 bits per heavy atom. The first-order valence-corrected chi connectivity index (χ1v) is 7.85. The van der Waals surface area contributed by atoms with Crippen molar-refractivity contribution < 1.29 is 4.79 Å². The van der Waals surface area contributed by atoms with Crippen molar-refractivity contribution in [2.24, 2.45) is 0 Å². The SMILES string of the molecule is Cc1cc(C)n(-c2cccc(NC(=O)c3cnc4cccnn34)c2)n1. The molecule has 4 aromatic rings. The number of hydrogen-bond donors (Lipinski definition) is 1. The summed E-state index contributed by atoms with van der Waals surface area (Å²) in [4.78, 5) is 16.8. The van der Waals surface area contributed by atoms with Crippen LogP contribution in [-0.2, 0) is 0 Å². The maximum Gasteiger partial charge on any atom is 0.276 e. The van der Waals surface area contributed by atoms with Gasteiger partial charge in [-0.05, 0) is 50.2 Å². The summed E-state index contributed by atoms with van der Waals surface area (Å²) in [7, 11) is 0. The van der Waals surface area contributed by atoms with Crippen LogP contribution in [0.25, 0.3) is 11.3 Å². The van der Waals surface area contributed by atoms with Crippen molar-refractivity contribution in [2.45, 2.75) is 13.8 Å². The molecule has 124 valence electrons. The zero-order valence-electron chi connectivity index (χ0n) is 13.8. The van der Waals surface area contributed by atoms with Crippen molar-refractivity contribution in [2.75, 3.05) is 5.32 Å². The quantitative estimate of drug-likeness (QED) is 0.626. The predicted molar refractivity (Wildman–Crippen MR) is 94.0 cm³/mol. The molecular weight excluding hydrogens is 316 g/mol. The van der Waals surface area contributed by atoms with E-state index in [-0.39, 0.29) is 5.91 Å². The van der Waals surface area contributed by atoms with E-state index in [0.717, 1.165) is 17.1 Å². The number of amides is 1. The van der Waals surface area contributed by atoms with Crippen LogP contribution in [0.15, 0.2) is 54.9 Å². The van der Waals surface area contributed by atoms with Gasteiger partial charge >= 0.3 is 0 Å². The molecule has 0 saturated carbocycles. The van der Waals surface area contributed by atoms with Gasteiger partial charge in [-0.3, -0.25) is 4.79 Å². The summed E-state index contributed by atoms with van der Waals surface area (Å²) >= 11 is 0. The number of hydrogen-bond acceptors (Lipinski definition) is 4. The lowest BCUT2D eigenvalue weighted by molar-refractivity contribution is 0.102. The average molecular weight is 332 g/mol. The average Bonchev–Trinajstić information content (AvgIpc) is 3.18. The number of nitrogens with one attached hydrogen (secondary N) is 1. The van der Waals surface area contributed by atoms with Crippen LogP contribution in [0.5, 0.6) is 0 Å². The molecule has 0 bridgehead atoms. The second kappa shape index (κ2) is 5.86. The van der Waals surface area contributed by atoms with Crippen LogP contribution >= 0.6 is 0 Å². The second-order valence-electron chi connectivity index (χ2n) is 5.78. The van der Waals surface area contributed by atoms with Crippen molar-refractivity contribution >= 4 is 17.2 Å². The molecule has 3 heterocycles. The smallest absolute Gasteiger partial charge is 0.276 e. The number of anilines is 1. The Hall–Kier alpha value is -3.48. The van der Waals surface area contributed by atoms with E-state index >= 15 is 0 Å². The van der Waals surface area contributed by atoms with Gasteiger partial charge in [0, 0.05) is 17.6 Å². The normalized spacial score (nSPS) is 11.0. The Bertz CT molecular complexity index is 1080. The Morgan fingerprint density at radius 2 is 2.00 bits per heavy atom. The van der Waals surface area contributed by atoms with Gasteiger partial charge in [-0.25, -0.2) is 14.2 Å². The van der Waals surface area contributed by atoms with Crippen LogP contribution < -0.4 is 5.32 Å². The van der Waals surface area contributed by atoms with E-state index in [1.54, 1.807) is 18.3 Å². The lowest BCUT2D eigenvalue weighted by atomic mass is 10.2. The molecule has 0 spiro atoms.